The third-order valence-electron chi connectivity index (χ3n) is 2.66. The topological polar surface area (TPSA) is 110 Å². The number of carbonyl (C=O) groups excluding carboxylic acids is 1. The predicted molar refractivity (Wildman–Crippen MR) is 67.6 cm³/mol. The number of rotatable bonds is 7. The Morgan fingerprint density at radius 2 is 2.11 bits per heavy atom. The average Bonchev–Trinajstić information content (AvgIpc) is 3.19. The highest BCUT2D eigenvalue weighted by Gasteiger charge is 2.22. The summed E-state index contributed by atoms with van der Waals surface area (Å²) in [5.74, 6) is 0.391. The van der Waals surface area contributed by atoms with Crippen molar-refractivity contribution in [2.45, 2.75) is 31.7 Å². The highest BCUT2D eigenvalue weighted by molar-refractivity contribution is 5.76. The van der Waals surface area contributed by atoms with Crippen LogP contribution in [0.5, 0.6) is 0 Å². The van der Waals surface area contributed by atoms with Crippen LogP contribution in [-0.2, 0) is 4.79 Å². The molecule has 1 saturated carbocycles. The second-order valence-corrected chi connectivity index (χ2v) is 4.39. The molecule has 1 fully saturated rings. The Bertz CT molecular complexity index is 458. The van der Waals surface area contributed by atoms with Gasteiger partial charge in [-0.15, -0.1) is 0 Å². The number of nitro groups is 1. The van der Waals surface area contributed by atoms with Crippen LogP contribution < -0.4 is 10.6 Å². The number of hydrogen-bond acceptors (Lipinski definition) is 6. The van der Waals surface area contributed by atoms with Gasteiger partial charge in [-0.2, -0.15) is 0 Å². The zero-order valence-electron chi connectivity index (χ0n) is 10.3. The summed E-state index contributed by atoms with van der Waals surface area (Å²) < 4.78 is 0. The van der Waals surface area contributed by atoms with Crippen LogP contribution in [0, 0.1) is 10.1 Å². The van der Waals surface area contributed by atoms with Crippen LogP contribution in [0.25, 0.3) is 0 Å². The maximum absolute atomic E-state index is 11.4. The zero-order valence-corrected chi connectivity index (χ0v) is 10.3. The molecule has 8 heteroatoms. The van der Waals surface area contributed by atoms with Crippen LogP contribution in [0.3, 0.4) is 0 Å². The first-order valence-corrected chi connectivity index (χ1v) is 6.15. The van der Waals surface area contributed by atoms with Gasteiger partial charge in [-0.3, -0.25) is 14.9 Å². The molecule has 2 N–H and O–H groups in total. The molecule has 0 aromatic carbocycles. The quantitative estimate of drug-likeness (QED) is 0.429. The molecule has 1 heterocycles. The standard InChI is InChI=1S/C11H15N5O3/c17-10(15-8-3-4-8)2-1-5-12-11-13-6-9(7-14-11)16(18)19/h6-8H,1-5H2,(H,15,17)(H,12,13,14). The summed E-state index contributed by atoms with van der Waals surface area (Å²) >= 11 is 0. The second kappa shape index (κ2) is 6.07. The van der Waals surface area contributed by atoms with Gasteiger partial charge in [-0.1, -0.05) is 0 Å². The molecule has 8 nitrogen and oxygen atoms in total. The van der Waals surface area contributed by atoms with E-state index in [9.17, 15) is 14.9 Å². The number of anilines is 1. The van der Waals surface area contributed by atoms with E-state index in [-0.39, 0.29) is 11.6 Å². The Morgan fingerprint density at radius 1 is 1.42 bits per heavy atom. The summed E-state index contributed by atoms with van der Waals surface area (Å²) in [5, 5.41) is 16.2. The minimum absolute atomic E-state index is 0.0638. The predicted octanol–water partition coefficient (Wildman–Crippen LogP) is 0.855. The lowest BCUT2D eigenvalue weighted by Crippen LogP contribution is -2.25. The summed E-state index contributed by atoms with van der Waals surface area (Å²) in [4.78, 5) is 28.9. The van der Waals surface area contributed by atoms with Crippen molar-refractivity contribution in [3.8, 4) is 0 Å². The van der Waals surface area contributed by atoms with E-state index in [0.717, 1.165) is 25.2 Å². The second-order valence-electron chi connectivity index (χ2n) is 4.39. The van der Waals surface area contributed by atoms with Crippen LogP contribution in [0.15, 0.2) is 12.4 Å². The Hall–Kier alpha value is -2.25. The number of amides is 1. The number of hydrogen-bond donors (Lipinski definition) is 2. The largest absolute Gasteiger partial charge is 0.354 e. The fraction of sp³-hybridized carbons (Fsp3) is 0.545. The molecule has 0 atom stereocenters. The van der Waals surface area contributed by atoms with Gasteiger partial charge in [0, 0.05) is 19.0 Å². The van der Waals surface area contributed by atoms with E-state index in [2.05, 4.69) is 20.6 Å². The van der Waals surface area contributed by atoms with E-state index in [4.69, 9.17) is 0 Å². The molecule has 1 aliphatic rings. The van der Waals surface area contributed by atoms with Crippen LogP contribution >= 0.6 is 0 Å². The summed E-state index contributed by atoms with van der Waals surface area (Å²) in [6.45, 7) is 0.551. The lowest BCUT2D eigenvalue weighted by atomic mass is 10.3. The van der Waals surface area contributed by atoms with Gasteiger partial charge in [0.25, 0.3) is 0 Å². The van der Waals surface area contributed by atoms with Crippen molar-refractivity contribution in [2.24, 2.45) is 0 Å². The molecule has 2 rings (SSSR count). The monoisotopic (exact) mass is 265 g/mol. The summed E-state index contributed by atoms with van der Waals surface area (Å²) in [7, 11) is 0. The molecule has 0 saturated heterocycles. The normalized spacial score (nSPS) is 13.9. The summed E-state index contributed by atoms with van der Waals surface area (Å²) in [5.41, 5.74) is -0.144. The maximum atomic E-state index is 11.4. The fourth-order valence-corrected chi connectivity index (χ4v) is 1.48. The summed E-state index contributed by atoms with van der Waals surface area (Å²) in [6.07, 6.45) is 5.58. The van der Waals surface area contributed by atoms with Gasteiger partial charge in [-0.25, -0.2) is 9.97 Å². The number of nitrogens with one attached hydrogen (secondary N) is 2. The molecule has 1 aromatic rings. The molecule has 1 amide bonds. The Labute approximate surface area is 109 Å². The third-order valence-corrected chi connectivity index (χ3v) is 2.66. The van der Waals surface area contributed by atoms with Crippen LogP contribution in [0.2, 0.25) is 0 Å². The van der Waals surface area contributed by atoms with E-state index in [1.807, 2.05) is 0 Å². The van der Waals surface area contributed by atoms with Gasteiger partial charge in [0.15, 0.2) is 0 Å². The van der Waals surface area contributed by atoms with Gasteiger partial charge in [-0.05, 0) is 19.3 Å². The SMILES string of the molecule is O=C(CCCNc1ncc([N+](=O)[O-])cn1)NC1CC1. The van der Waals surface area contributed by atoms with E-state index < -0.39 is 4.92 Å². The van der Waals surface area contributed by atoms with Gasteiger partial charge in [0.05, 0.1) is 4.92 Å². The van der Waals surface area contributed by atoms with Crippen molar-refractivity contribution >= 4 is 17.5 Å². The first-order chi connectivity index (χ1) is 9.15. The molecule has 0 aliphatic heterocycles. The minimum Gasteiger partial charge on any atom is -0.354 e. The Morgan fingerprint density at radius 3 is 2.68 bits per heavy atom. The lowest BCUT2D eigenvalue weighted by molar-refractivity contribution is -0.385. The molecule has 102 valence electrons. The van der Waals surface area contributed by atoms with E-state index in [1.165, 1.54) is 0 Å². The number of carbonyl (C=O) groups is 1. The first kappa shape index (κ1) is 13.2. The van der Waals surface area contributed by atoms with Crippen molar-refractivity contribution in [3.05, 3.63) is 22.5 Å². The highest BCUT2D eigenvalue weighted by atomic mass is 16.6. The van der Waals surface area contributed by atoms with Crippen molar-refractivity contribution in [3.63, 3.8) is 0 Å². The van der Waals surface area contributed by atoms with Crippen molar-refractivity contribution in [1.29, 1.82) is 0 Å². The molecule has 1 aliphatic carbocycles. The van der Waals surface area contributed by atoms with E-state index in [1.54, 1.807) is 0 Å². The molecule has 0 unspecified atom stereocenters. The number of nitrogens with zero attached hydrogens (tertiary/aromatic N) is 3. The van der Waals surface area contributed by atoms with Crippen molar-refractivity contribution in [1.82, 2.24) is 15.3 Å². The van der Waals surface area contributed by atoms with Crippen LogP contribution in [-0.4, -0.2) is 33.4 Å². The Balaban J connectivity index is 1.64. The lowest BCUT2D eigenvalue weighted by Gasteiger charge is -2.04. The zero-order chi connectivity index (χ0) is 13.7. The smallest absolute Gasteiger partial charge is 0.305 e. The molecule has 0 spiro atoms. The van der Waals surface area contributed by atoms with E-state index in [0.29, 0.717) is 31.4 Å². The minimum atomic E-state index is -0.550. The van der Waals surface area contributed by atoms with Gasteiger partial charge in [0.1, 0.15) is 12.4 Å². The van der Waals surface area contributed by atoms with Gasteiger partial charge >= 0.3 is 5.69 Å². The van der Waals surface area contributed by atoms with Crippen molar-refractivity contribution in [2.75, 3.05) is 11.9 Å². The van der Waals surface area contributed by atoms with Crippen LogP contribution in [0.1, 0.15) is 25.7 Å². The molecule has 19 heavy (non-hydrogen) atoms. The molecule has 0 radical (unpaired) electrons. The van der Waals surface area contributed by atoms with Crippen LogP contribution in [0.4, 0.5) is 11.6 Å². The Kier molecular flexibility index (Phi) is 4.22. The summed E-state index contributed by atoms with van der Waals surface area (Å²) in [6, 6.07) is 0.387. The fourth-order valence-electron chi connectivity index (χ4n) is 1.48. The molecular weight excluding hydrogens is 250 g/mol. The average molecular weight is 265 g/mol. The van der Waals surface area contributed by atoms with E-state index >= 15 is 0 Å². The molecule has 0 bridgehead atoms. The highest BCUT2D eigenvalue weighted by Crippen LogP contribution is 2.18. The van der Waals surface area contributed by atoms with Gasteiger partial charge < -0.3 is 10.6 Å². The van der Waals surface area contributed by atoms with Crippen molar-refractivity contribution < 1.29 is 9.72 Å². The third kappa shape index (κ3) is 4.49. The maximum Gasteiger partial charge on any atom is 0.305 e. The number of aromatic nitrogens is 2. The first-order valence-electron chi connectivity index (χ1n) is 6.15. The van der Waals surface area contributed by atoms with Gasteiger partial charge in [0.2, 0.25) is 11.9 Å². The molecule has 1 aromatic heterocycles. The molecular formula is C11H15N5O3.